The van der Waals surface area contributed by atoms with Crippen molar-refractivity contribution < 1.29 is 14.4 Å². The number of carbonyl (C=O) groups excluding carboxylic acids is 3. The van der Waals surface area contributed by atoms with E-state index in [0.29, 0.717) is 29.0 Å². The topological polar surface area (TPSA) is 105 Å². The van der Waals surface area contributed by atoms with E-state index < -0.39 is 5.91 Å². The number of nitrogens with one attached hydrogen (secondary N) is 2. The summed E-state index contributed by atoms with van der Waals surface area (Å²) in [6.45, 7) is 2.42. The minimum atomic E-state index is -0.569. The van der Waals surface area contributed by atoms with Gasteiger partial charge in [-0.1, -0.05) is 30.3 Å². The van der Waals surface area contributed by atoms with Gasteiger partial charge < -0.3 is 21.3 Å². The van der Waals surface area contributed by atoms with Crippen LogP contribution in [0.1, 0.15) is 27.6 Å². The standard InChI is InChI=1S/C24H24N4O3/c1-2-28(19-8-4-3-5-9-19)24(31)17-12-14-18(15-13-17)27-22(29)16-26-21-11-7-6-10-20(21)23(25)30/h3-15,26H,2,16H2,1H3,(H2,25,30)(H,27,29). The van der Waals surface area contributed by atoms with Gasteiger partial charge in [-0.3, -0.25) is 14.4 Å². The van der Waals surface area contributed by atoms with Crippen LogP contribution in [0.5, 0.6) is 0 Å². The van der Waals surface area contributed by atoms with Crippen LogP contribution in [-0.2, 0) is 4.79 Å². The number of primary amides is 1. The van der Waals surface area contributed by atoms with Gasteiger partial charge in [0.05, 0.1) is 12.1 Å². The van der Waals surface area contributed by atoms with E-state index >= 15 is 0 Å². The molecule has 0 radical (unpaired) electrons. The molecule has 0 unspecified atom stereocenters. The van der Waals surface area contributed by atoms with E-state index in [9.17, 15) is 14.4 Å². The summed E-state index contributed by atoms with van der Waals surface area (Å²) in [6, 6.07) is 22.9. The van der Waals surface area contributed by atoms with Crippen LogP contribution in [0.4, 0.5) is 17.1 Å². The van der Waals surface area contributed by atoms with Crippen molar-refractivity contribution in [1.29, 1.82) is 0 Å². The molecule has 0 aliphatic heterocycles. The van der Waals surface area contributed by atoms with Crippen molar-refractivity contribution in [1.82, 2.24) is 0 Å². The lowest BCUT2D eigenvalue weighted by Crippen LogP contribution is -2.30. The molecule has 0 aromatic heterocycles. The number of nitrogens with two attached hydrogens (primary N) is 1. The maximum atomic E-state index is 12.8. The van der Waals surface area contributed by atoms with E-state index in [2.05, 4.69) is 10.6 Å². The number of anilines is 3. The Balaban J connectivity index is 1.61. The molecule has 0 aliphatic carbocycles. The zero-order valence-electron chi connectivity index (χ0n) is 17.2. The second kappa shape index (κ2) is 10.1. The third-order valence-electron chi connectivity index (χ3n) is 4.68. The molecule has 7 heteroatoms. The fourth-order valence-electron chi connectivity index (χ4n) is 3.14. The Morgan fingerprint density at radius 1 is 0.871 bits per heavy atom. The third-order valence-corrected chi connectivity index (χ3v) is 4.68. The zero-order valence-corrected chi connectivity index (χ0v) is 17.2. The summed E-state index contributed by atoms with van der Waals surface area (Å²) in [7, 11) is 0. The molecule has 3 aromatic rings. The summed E-state index contributed by atoms with van der Waals surface area (Å²) in [5, 5.41) is 5.67. The van der Waals surface area contributed by atoms with Gasteiger partial charge in [-0.2, -0.15) is 0 Å². The Morgan fingerprint density at radius 2 is 1.52 bits per heavy atom. The Kier molecular flexibility index (Phi) is 7.01. The molecule has 31 heavy (non-hydrogen) atoms. The maximum absolute atomic E-state index is 12.8. The number of carbonyl (C=O) groups is 3. The molecule has 0 heterocycles. The molecular formula is C24H24N4O3. The summed E-state index contributed by atoms with van der Waals surface area (Å²) in [5.41, 5.74) is 8.07. The summed E-state index contributed by atoms with van der Waals surface area (Å²) in [5.74, 6) is -0.977. The molecule has 7 nitrogen and oxygen atoms in total. The number of rotatable bonds is 8. The molecule has 0 saturated carbocycles. The zero-order chi connectivity index (χ0) is 22.2. The fourth-order valence-corrected chi connectivity index (χ4v) is 3.14. The van der Waals surface area contributed by atoms with Gasteiger partial charge in [0.15, 0.2) is 0 Å². The van der Waals surface area contributed by atoms with Gasteiger partial charge in [0.2, 0.25) is 5.91 Å². The highest BCUT2D eigenvalue weighted by Crippen LogP contribution is 2.18. The smallest absolute Gasteiger partial charge is 0.258 e. The SMILES string of the molecule is CCN(C(=O)c1ccc(NC(=O)CNc2ccccc2C(N)=O)cc1)c1ccccc1. The molecule has 158 valence electrons. The first-order chi connectivity index (χ1) is 15.0. The predicted molar refractivity (Wildman–Crippen MR) is 122 cm³/mol. The number of amides is 3. The van der Waals surface area contributed by atoms with Crippen molar-refractivity contribution in [3.8, 4) is 0 Å². The fraction of sp³-hybridized carbons (Fsp3) is 0.125. The highest BCUT2D eigenvalue weighted by Gasteiger charge is 2.16. The highest BCUT2D eigenvalue weighted by molar-refractivity contribution is 6.06. The number of benzene rings is 3. The Labute approximate surface area is 180 Å². The van der Waals surface area contributed by atoms with E-state index in [1.165, 1.54) is 0 Å². The van der Waals surface area contributed by atoms with Crippen molar-refractivity contribution in [2.75, 3.05) is 28.6 Å². The van der Waals surface area contributed by atoms with E-state index in [-0.39, 0.29) is 18.4 Å². The molecule has 4 N–H and O–H groups in total. The van der Waals surface area contributed by atoms with Crippen molar-refractivity contribution in [2.45, 2.75) is 6.92 Å². The lowest BCUT2D eigenvalue weighted by Gasteiger charge is -2.21. The van der Waals surface area contributed by atoms with Crippen LogP contribution in [0, 0.1) is 0 Å². The molecule has 3 rings (SSSR count). The molecule has 0 atom stereocenters. The first-order valence-corrected chi connectivity index (χ1v) is 9.89. The minimum absolute atomic E-state index is 0.0391. The van der Waals surface area contributed by atoms with Crippen LogP contribution < -0.4 is 21.3 Å². The monoisotopic (exact) mass is 416 g/mol. The summed E-state index contributed by atoms with van der Waals surface area (Å²) < 4.78 is 0. The predicted octanol–water partition coefficient (Wildman–Crippen LogP) is 3.50. The van der Waals surface area contributed by atoms with Gasteiger partial charge in [0, 0.05) is 29.2 Å². The quantitative estimate of drug-likeness (QED) is 0.523. The number of hydrogen-bond donors (Lipinski definition) is 3. The average molecular weight is 416 g/mol. The van der Waals surface area contributed by atoms with Crippen LogP contribution in [0.3, 0.4) is 0 Å². The second-order valence-electron chi connectivity index (χ2n) is 6.77. The summed E-state index contributed by atoms with van der Waals surface area (Å²) in [4.78, 5) is 38.3. The second-order valence-corrected chi connectivity index (χ2v) is 6.77. The van der Waals surface area contributed by atoms with Crippen molar-refractivity contribution in [3.63, 3.8) is 0 Å². The van der Waals surface area contributed by atoms with Gasteiger partial charge >= 0.3 is 0 Å². The summed E-state index contributed by atoms with van der Waals surface area (Å²) in [6.07, 6.45) is 0. The average Bonchev–Trinajstić information content (AvgIpc) is 2.79. The van der Waals surface area contributed by atoms with E-state index in [1.54, 1.807) is 53.4 Å². The third kappa shape index (κ3) is 5.48. The maximum Gasteiger partial charge on any atom is 0.258 e. The van der Waals surface area contributed by atoms with Crippen LogP contribution >= 0.6 is 0 Å². The molecule has 0 bridgehead atoms. The number of para-hydroxylation sites is 2. The molecule has 0 aliphatic rings. The largest absolute Gasteiger partial charge is 0.376 e. The lowest BCUT2D eigenvalue weighted by molar-refractivity contribution is -0.114. The molecular weight excluding hydrogens is 392 g/mol. The van der Waals surface area contributed by atoms with Crippen molar-refractivity contribution in [2.24, 2.45) is 5.73 Å². The van der Waals surface area contributed by atoms with Gasteiger partial charge in [0.25, 0.3) is 11.8 Å². The minimum Gasteiger partial charge on any atom is -0.376 e. The Bertz CT molecular complexity index is 1070. The van der Waals surface area contributed by atoms with Crippen LogP contribution in [-0.4, -0.2) is 30.8 Å². The lowest BCUT2D eigenvalue weighted by atomic mass is 10.1. The Hall–Kier alpha value is -4.13. The highest BCUT2D eigenvalue weighted by atomic mass is 16.2. The molecule has 0 fully saturated rings. The molecule has 0 saturated heterocycles. The van der Waals surface area contributed by atoms with Gasteiger partial charge in [-0.05, 0) is 55.5 Å². The summed E-state index contributed by atoms with van der Waals surface area (Å²) >= 11 is 0. The first-order valence-electron chi connectivity index (χ1n) is 9.89. The Morgan fingerprint density at radius 3 is 2.16 bits per heavy atom. The van der Waals surface area contributed by atoms with Crippen LogP contribution in [0.25, 0.3) is 0 Å². The van der Waals surface area contributed by atoms with Crippen molar-refractivity contribution in [3.05, 3.63) is 90.0 Å². The first kappa shape index (κ1) is 21.6. The van der Waals surface area contributed by atoms with E-state index in [0.717, 1.165) is 5.69 Å². The molecule has 0 spiro atoms. The normalized spacial score (nSPS) is 10.2. The molecule has 3 amide bonds. The van der Waals surface area contributed by atoms with Crippen molar-refractivity contribution >= 4 is 34.8 Å². The van der Waals surface area contributed by atoms with Crippen LogP contribution in [0.2, 0.25) is 0 Å². The van der Waals surface area contributed by atoms with E-state index in [4.69, 9.17) is 5.73 Å². The van der Waals surface area contributed by atoms with Gasteiger partial charge in [-0.15, -0.1) is 0 Å². The van der Waals surface area contributed by atoms with E-state index in [1.807, 2.05) is 37.3 Å². The number of hydrogen-bond acceptors (Lipinski definition) is 4. The van der Waals surface area contributed by atoms with Gasteiger partial charge in [-0.25, -0.2) is 0 Å². The van der Waals surface area contributed by atoms with Gasteiger partial charge in [0.1, 0.15) is 0 Å². The van der Waals surface area contributed by atoms with Crippen LogP contribution in [0.15, 0.2) is 78.9 Å². The molecule has 3 aromatic carbocycles. The number of nitrogens with zero attached hydrogens (tertiary/aromatic N) is 1.